The molecule has 2 unspecified atom stereocenters. The lowest BCUT2D eigenvalue weighted by molar-refractivity contribution is -0.123. The second kappa shape index (κ2) is 9.26. The number of nitrogens with one attached hydrogen (secondary N) is 1. The molecule has 2 aromatic carbocycles. The maximum Gasteiger partial charge on any atom is 0.270 e. The van der Waals surface area contributed by atoms with Gasteiger partial charge in [-0.05, 0) is 37.0 Å². The van der Waals surface area contributed by atoms with Crippen LogP contribution < -0.4 is 10.1 Å². The van der Waals surface area contributed by atoms with E-state index in [1.54, 1.807) is 6.07 Å². The number of oxime groups is 1. The van der Waals surface area contributed by atoms with Crippen LogP contribution >= 0.6 is 0 Å². The Bertz CT molecular complexity index is 1090. The van der Waals surface area contributed by atoms with Crippen LogP contribution in [-0.2, 0) is 14.4 Å². The third-order valence-corrected chi connectivity index (χ3v) is 5.68. The van der Waals surface area contributed by atoms with Gasteiger partial charge in [0.25, 0.3) is 5.91 Å². The Balaban J connectivity index is 1.56. The maximum absolute atomic E-state index is 12.8. The van der Waals surface area contributed by atoms with Crippen LogP contribution in [0.25, 0.3) is 0 Å². The molecule has 0 saturated carbocycles. The van der Waals surface area contributed by atoms with E-state index in [-0.39, 0.29) is 35.4 Å². The van der Waals surface area contributed by atoms with E-state index < -0.39 is 6.10 Å². The van der Waals surface area contributed by atoms with Crippen molar-refractivity contribution < 1.29 is 24.3 Å². The molecular weight excluding hydrogens is 408 g/mol. The van der Waals surface area contributed by atoms with Crippen molar-refractivity contribution in [1.82, 2.24) is 0 Å². The van der Waals surface area contributed by atoms with Crippen molar-refractivity contribution in [2.24, 2.45) is 5.16 Å². The molecule has 0 aromatic heterocycles. The Kier molecular flexibility index (Phi) is 6.25. The number of fused-ring (bicyclic) bond motifs is 1. The van der Waals surface area contributed by atoms with Gasteiger partial charge in [-0.3, -0.25) is 9.59 Å². The zero-order valence-electron chi connectivity index (χ0n) is 18.1. The normalized spacial score (nSPS) is 21.0. The van der Waals surface area contributed by atoms with Crippen LogP contribution in [0.3, 0.4) is 0 Å². The fraction of sp³-hybridized carbons (Fsp3) is 0.320. The molecule has 0 bridgehead atoms. The minimum absolute atomic E-state index is 0.0219. The molecule has 2 aliphatic rings. The molecule has 4 rings (SSSR count). The second-order valence-electron chi connectivity index (χ2n) is 7.81. The van der Waals surface area contributed by atoms with E-state index in [2.05, 4.69) is 10.5 Å². The molecule has 2 atom stereocenters. The minimum Gasteiger partial charge on any atom is -0.511 e. The lowest BCUT2D eigenvalue weighted by Crippen LogP contribution is -2.30. The number of carbonyl (C=O) groups excluding carboxylic acids is 2. The molecule has 0 fully saturated rings. The number of aliphatic hydroxyl groups is 1. The van der Waals surface area contributed by atoms with E-state index in [1.807, 2.05) is 56.3 Å². The summed E-state index contributed by atoms with van der Waals surface area (Å²) in [6.07, 6.45) is 0.329. The Hall–Kier alpha value is -3.61. The quantitative estimate of drug-likeness (QED) is 0.502. The van der Waals surface area contributed by atoms with Gasteiger partial charge in [0.05, 0.1) is 17.0 Å². The molecule has 7 heteroatoms. The van der Waals surface area contributed by atoms with Crippen molar-refractivity contribution in [1.29, 1.82) is 0 Å². The highest BCUT2D eigenvalue weighted by molar-refractivity contribution is 6.23. The van der Waals surface area contributed by atoms with E-state index in [0.717, 1.165) is 11.1 Å². The predicted molar refractivity (Wildman–Crippen MR) is 121 cm³/mol. The topological polar surface area (TPSA) is 97.2 Å². The summed E-state index contributed by atoms with van der Waals surface area (Å²) in [6.45, 7) is 4.07. The van der Waals surface area contributed by atoms with Gasteiger partial charge in [-0.1, -0.05) is 48.5 Å². The molecular formula is C25H26N2O5. The van der Waals surface area contributed by atoms with Crippen molar-refractivity contribution >= 4 is 23.1 Å². The van der Waals surface area contributed by atoms with E-state index >= 15 is 0 Å². The third kappa shape index (κ3) is 4.23. The first-order valence-electron chi connectivity index (χ1n) is 10.8. The molecule has 2 aromatic rings. The summed E-state index contributed by atoms with van der Waals surface area (Å²) in [6, 6.07) is 14.8. The van der Waals surface area contributed by atoms with Gasteiger partial charge in [0.1, 0.15) is 18.1 Å². The minimum atomic E-state index is -0.711. The molecule has 7 nitrogen and oxygen atoms in total. The summed E-state index contributed by atoms with van der Waals surface area (Å²) < 4.78 is 5.95. The summed E-state index contributed by atoms with van der Waals surface area (Å²) in [5.74, 6) is -0.0207. The van der Waals surface area contributed by atoms with Crippen molar-refractivity contribution in [3.05, 3.63) is 71.0 Å². The molecule has 1 amide bonds. The highest BCUT2D eigenvalue weighted by Crippen LogP contribution is 2.40. The van der Waals surface area contributed by atoms with Crippen LogP contribution in [-0.4, -0.2) is 29.1 Å². The van der Waals surface area contributed by atoms with Crippen LogP contribution in [0.4, 0.5) is 5.69 Å². The van der Waals surface area contributed by atoms with Crippen LogP contribution in [0.2, 0.25) is 0 Å². The summed E-state index contributed by atoms with van der Waals surface area (Å²) >= 11 is 0. The summed E-state index contributed by atoms with van der Waals surface area (Å²) in [4.78, 5) is 30.6. The Morgan fingerprint density at radius 3 is 2.59 bits per heavy atom. The first-order chi connectivity index (χ1) is 15.5. The second-order valence-corrected chi connectivity index (χ2v) is 7.81. The maximum atomic E-state index is 12.8. The zero-order valence-corrected chi connectivity index (χ0v) is 18.1. The number of hydrogen-bond acceptors (Lipinski definition) is 6. The number of hydrogen-bond donors (Lipinski definition) is 2. The van der Waals surface area contributed by atoms with Crippen molar-refractivity contribution in [2.75, 3.05) is 11.9 Å². The molecule has 1 heterocycles. The largest absolute Gasteiger partial charge is 0.511 e. The lowest BCUT2D eigenvalue weighted by atomic mass is 9.81. The molecule has 1 aliphatic carbocycles. The van der Waals surface area contributed by atoms with Gasteiger partial charge in [-0.25, -0.2) is 0 Å². The molecule has 2 N–H and O–H groups in total. The van der Waals surface area contributed by atoms with E-state index in [1.165, 1.54) is 0 Å². The van der Waals surface area contributed by atoms with Gasteiger partial charge in [0.2, 0.25) is 6.10 Å². The molecule has 1 aliphatic heterocycles. The SMILES string of the molecule is CCON=C(CC)C1=C(O)CC(c2ccc3c(c2)NC(=O)C(c2ccccc2)O3)CC1=O. The number of aliphatic hydroxyl groups excluding tert-OH is 1. The van der Waals surface area contributed by atoms with Gasteiger partial charge in [0.15, 0.2) is 5.78 Å². The third-order valence-electron chi connectivity index (χ3n) is 5.68. The van der Waals surface area contributed by atoms with Crippen molar-refractivity contribution in [2.45, 2.75) is 45.1 Å². The number of ketones is 1. The Labute approximate surface area is 186 Å². The van der Waals surface area contributed by atoms with Gasteiger partial charge in [0, 0.05) is 18.4 Å². The van der Waals surface area contributed by atoms with Gasteiger partial charge >= 0.3 is 0 Å². The fourth-order valence-electron chi connectivity index (χ4n) is 4.12. The molecule has 0 radical (unpaired) electrons. The number of nitrogens with zero attached hydrogens (tertiary/aromatic N) is 1. The first kappa shape index (κ1) is 21.6. The highest BCUT2D eigenvalue weighted by Gasteiger charge is 2.33. The van der Waals surface area contributed by atoms with E-state index in [9.17, 15) is 14.7 Å². The number of rotatable bonds is 6. The van der Waals surface area contributed by atoms with Crippen LogP contribution in [0.1, 0.15) is 56.3 Å². The zero-order chi connectivity index (χ0) is 22.7. The van der Waals surface area contributed by atoms with Gasteiger partial charge in [-0.15, -0.1) is 0 Å². The number of ether oxygens (including phenoxy) is 1. The molecule has 32 heavy (non-hydrogen) atoms. The lowest BCUT2D eigenvalue weighted by Gasteiger charge is -2.28. The summed E-state index contributed by atoms with van der Waals surface area (Å²) in [5, 5.41) is 17.5. The molecule has 166 valence electrons. The molecule has 0 spiro atoms. The average Bonchev–Trinajstić information content (AvgIpc) is 2.80. The standard InChI is InChI=1S/C25H26N2O5/c1-3-18(27-31-4-2)23-20(28)13-17(14-21(23)29)16-10-11-22-19(12-16)26-25(30)24(32-22)15-8-6-5-7-9-15/h5-12,17,24,28H,3-4,13-14H2,1-2H3,(H,26,30). The van der Waals surface area contributed by atoms with E-state index in [4.69, 9.17) is 9.57 Å². The number of Topliss-reactive ketones (excluding diaryl/α,β-unsaturated/α-hetero) is 1. The fourth-order valence-corrected chi connectivity index (χ4v) is 4.12. The van der Waals surface area contributed by atoms with E-state index in [0.29, 0.717) is 36.6 Å². The number of anilines is 1. The molecule has 0 saturated heterocycles. The predicted octanol–water partition coefficient (Wildman–Crippen LogP) is 4.82. The highest BCUT2D eigenvalue weighted by atomic mass is 16.6. The number of allylic oxidation sites excluding steroid dienone is 2. The Morgan fingerprint density at radius 1 is 1.12 bits per heavy atom. The van der Waals surface area contributed by atoms with Crippen LogP contribution in [0.15, 0.2) is 65.0 Å². The number of benzene rings is 2. The Morgan fingerprint density at radius 2 is 1.91 bits per heavy atom. The van der Waals surface area contributed by atoms with Crippen LogP contribution in [0, 0.1) is 0 Å². The average molecular weight is 434 g/mol. The number of amides is 1. The van der Waals surface area contributed by atoms with Crippen molar-refractivity contribution in [3.63, 3.8) is 0 Å². The smallest absolute Gasteiger partial charge is 0.270 e. The van der Waals surface area contributed by atoms with Crippen molar-refractivity contribution in [3.8, 4) is 5.75 Å². The van der Waals surface area contributed by atoms with Crippen LogP contribution in [0.5, 0.6) is 5.75 Å². The summed E-state index contributed by atoms with van der Waals surface area (Å²) in [5.41, 5.74) is 2.92. The first-order valence-corrected chi connectivity index (χ1v) is 10.8. The van der Waals surface area contributed by atoms with Gasteiger partial charge < -0.3 is 20.0 Å². The monoisotopic (exact) mass is 434 g/mol. The number of carbonyl (C=O) groups is 2. The summed E-state index contributed by atoms with van der Waals surface area (Å²) in [7, 11) is 0. The van der Waals surface area contributed by atoms with Gasteiger partial charge in [-0.2, -0.15) is 0 Å².